The monoisotopic (exact) mass is 246 g/mol. The first-order valence-electron chi connectivity index (χ1n) is 7.23. The van der Waals surface area contributed by atoms with E-state index in [0.717, 1.165) is 6.61 Å². The van der Waals surface area contributed by atoms with Crippen LogP contribution in [0.3, 0.4) is 0 Å². The van der Waals surface area contributed by atoms with Crippen molar-refractivity contribution in [2.45, 2.75) is 72.1 Å². The van der Waals surface area contributed by atoms with Crippen molar-refractivity contribution in [1.29, 1.82) is 0 Å². The molecule has 0 saturated heterocycles. The van der Waals surface area contributed by atoms with Crippen molar-refractivity contribution >= 4 is 8.15 Å². The maximum absolute atomic E-state index is 5.85. The van der Waals surface area contributed by atoms with Gasteiger partial charge in [-0.1, -0.05) is 65.7 Å². The smallest absolute Gasteiger partial charge is 0.0508 e. The quantitative estimate of drug-likeness (QED) is 0.322. The number of hydrogen-bond acceptors (Lipinski definition) is 1. The molecule has 0 radical (unpaired) electrons. The molecule has 98 valence electrons. The van der Waals surface area contributed by atoms with Crippen LogP contribution < -0.4 is 0 Å². The summed E-state index contributed by atoms with van der Waals surface area (Å²) in [6, 6.07) is 0. The molecule has 0 fully saturated rings. The molecule has 0 bridgehead atoms. The van der Waals surface area contributed by atoms with Gasteiger partial charge in [0, 0.05) is 8.15 Å². The van der Waals surface area contributed by atoms with Crippen LogP contribution in [0.2, 0.25) is 0 Å². The van der Waals surface area contributed by atoms with Gasteiger partial charge in [0.25, 0.3) is 0 Å². The van der Waals surface area contributed by atoms with E-state index in [1.54, 1.807) is 0 Å². The van der Waals surface area contributed by atoms with Gasteiger partial charge in [-0.3, -0.25) is 0 Å². The van der Waals surface area contributed by atoms with Crippen molar-refractivity contribution in [2.24, 2.45) is 0 Å². The summed E-state index contributed by atoms with van der Waals surface area (Å²) in [5, 5.41) is 0. The van der Waals surface area contributed by atoms with Crippen LogP contribution in [0.4, 0.5) is 0 Å². The summed E-state index contributed by atoms with van der Waals surface area (Å²) in [5.41, 5.74) is 0. The fourth-order valence-electron chi connectivity index (χ4n) is 1.84. The molecule has 0 spiro atoms. The SMILES string of the molecule is CCCCCCCCCCOP(CC)CC. The lowest BCUT2D eigenvalue weighted by molar-refractivity contribution is 0.335. The minimum Gasteiger partial charge on any atom is -0.359 e. The molecule has 0 aliphatic rings. The van der Waals surface area contributed by atoms with Crippen molar-refractivity contribution in [1.82, 2.24) is 0 Å². The minimum atomic E-state index is -0.0888. The fourth-order valence-corrected chi connectivity index (χ4v) is 3.04. The van der Waals surface area contributed by atoms with Gasteiger partial charge in [-0.2, -0.15) is 0 Å². The lowest BCUT2D eigenvalue weighted by Crippen LogP contribution is -1.93. The first kappa shape index (κ1) is 16.4. The summed E-state index contributed by atoms with van der Waals surface area (Å²) < 4.78 is 5.85. The van der Waals surface area contributed by atoms with Crippen LogP contribution in [0.25, 0.3) is 0 Å². The standard InChI is InChI=1S/C14H31OP/c1-4-7-8-9-10-11-12-13-14-15-16(5-2)6-3/h4-14H2,1-3H3. The summed E-state index contributed by atoms with van der Waals surface area (Å²) in [6.45, 7) is 7.76. The van der Waals surface area contributed by atoms with E-state index in [9.17, 15) is 0 Å². The highest BCUT2D eigenvalue weighted by molar-refractivity contribution is 7.52. The molecule has 1 nitrogen and oxygen atoms in total. The van der Waals surface area contributed by atoms with Crippen LogP contribution in [0.1, 0.15) is 72.1 Å². The van der Waals surface area contributed by atoms with Crippen molar-refractivity contribution in [3.05, 3.63) is 0 Å². The van der Waals surface area contributed by atoms with Crippen molar-refractivity contribution < 1.29 is 4.52 Å². The maximum atomic E-state index is 5.85. The van der Waals surface area contributed by atoms with Gasteiger partial charge in [0.2, 0.25) is 0 Å². The van der Waals surface area contributed by atoms with Gasteiger partial charge in [0.15, 0.2) is 0 Å². The molecule has 2 heteroatoms. The van der Waals surface area contributed by atoms with Crippen molar-refractivity contribution in [3.8, 4) is 0 Å². The molecule has 0 unspecified atom stereocenters. The van der Waals surface area contributed by atoms with Crippen LogP contribution in [0.5, 0.6) is 0 Å². The van der Waals surface area contributed by atoms with Gasteiger partial charge in [-0.05, 0) is 18.7 Å². The van der Waals surface area contributed by atoms with E-state index in [-0.39, 0.29) is 8.15 Å². The Hall–Kier alpha value is 0.390. The van der Waals surface area contributed by atoms with Gasteiger partial charge >= 0.3 is 0 Å². The molecule has 0 aliphatic carbocycles. The average Bonchev–Trinajstić information content (AvgIpc) is 2.32. The highest BCUT2D eigenvalue weighted by atomic mass is 31.1. The summed E-state index contributed by atoms with van der Waals surface area (Å²) in [4.78, 5) is 0. The van der Waals surface area contributed by atoms with Crippen LogP contribution in [0, 0.1) is 0 Å². The van der Waals surface area contributed by atoms with Gasteiger partial charge in [0.05, 0.1) is 6.61 Å². The summed E-state index contributed by atoms with van der Waals surface area (Å²) >= 11 is 0. The highest BCUT2D eigenvalue weighted by Gasteiger charge is 2.01. The zero-order valence-corrected chi connectivity index (χ0v) is 12.5. The molecular weight excluding hydrogens is 215 g/mol. The van der Waals surface area contributed by atoms with E-state index >= 15 is 0 Å². The second kappa shape index (κ2) is 13.5. The Kier molecular flexibility index (Phi) is 13.8. The predicted molar refractivity (Wildman–Crippen MR) is 76.6 cm³/mol. The van der Waals surface area contributed by atoms with Gasteiger partial charge < -0.3 is 4.52 Å². The van der Waals surface area contributed by atoms with Crippen LogP contribution in [0.15, 0.2) is 0 Å². The van der Waals surface area contributed by atoms with Gasteiger partial charge in [-0.15, -0.1) is 0 Å². The van der Waals surface area contributed by atoms with Gasteiger partial charge in [-0.25, -0.2) is 0 Å². The molecule has 0 heterocycles. The van der Waals surface area contributed by atoms with Crippen LogP contribution in [-0.4, -0.2) is 18.9 Å². The molecule has 0 N–H and O–H groups in total. The van der Waals surface area contributed by atoms with E-state index in [0.29, 0.717) is 0 Å². The topological polar surface area (TPSA) is 9.23 Å². The Morgan fingerprint density at radius 1 is 0.688 bits per heavy atom. The average molecular weight is 246 g/mol. The van der Waals surface area contributed by atoms with Crippen molar-refractivity contribution in [3.63, 3.8) is 0 Å². The Labute approximate surface area is 104 Å². The zero-order valence-electron chi connectivity index (χ0n) is 11.6. The summed E-state index contributed by atoms with van der Waals surface area (Å²) in [5.74, 6) is 0. The van der Waals surface area contributed by atoms with E-state index in [4.69, 9.17) is 4.52 Å². The number of rotatable bonds is 12. The molecule has 0 rings (SSSR count). The summed E-state index contributed by atoms with van der Waals surface area (Å²) in [6.07, 6.45) is 13.6. The minimum absolute atomic E-state index is 0.0888. The third kappa shape index (κ3) is 10.9. The molecule has 0 aliphatic heterocycles. The van der Waals surface area contributed by atoms with Gasteiger partial charge in [0.1, 0.15) is 0 Å². The Balaban J connectivity index is 3.03. The molecule has 0 amide bonds. The van der Waals surface area contributed by atoms with E-state index in [2.05, 4.69) is 20.8 Å². The van der Waals surface area contributed by atoms with Crippen molar-refractivity contribution in [2.75, 3.05) is 18.9 Å². The second-order valence-corrected chi connectivity index (χ2v) is 6.91. The van der Waals surface area contributed by atoms with Crippen LogP contribution in [-0.2, 0) is 4.52 Å². The molecule has 0 aromatic rings. The van der Waals surface area contributed by atoms with E-state index in [1.807, 2.05) is 0 Å². The molecular formula is C14H31OP. The largest absolute Gasteiger partial charge is 0.359 e. The maximum Gasteiger partial charge on any atom is 0.0508 e. The Bertz CT molecular complexity index is 124. The van der Waals surface area contributed by atoms with E-state index in [1.165, 1.54) is 63.7 Å². The number of hydrogen-bond donors (Lipinski definition) is 0. The third-order valence-electron chi connectivity index (χ3n) is 2.98. The predicted octanol–water partition coefficient (Wildman–Crippen LogP) is 5.58. The lowest BCUT2D eigenvalue weighted by Gasteiger charge is -2.13. The van der Waals surface area contributed by atoms with Crippen LogP contribution >= 0.6 is 8.15 Å². The normalized spacial score (nSPS) is 11.2. The Morgan fingerprint density at radius 3 is 1.69 bits per heavy atom. The molecule has 0 atom stereocenters. The first-order valence-corrected chi connectivity index (χ1v) is 8.86. The molecule has 16 heavy (non-hydrogen) atoms. The lowest BCUT2D eigenvalue weighted by atomic mass is 10.1. The molecule has 0 aromatic heterocycles. The highest BCUT2D eigenvalue weighted by Crippen LogP contribution is 2.35. The fraction of sp³-hybridized carbons (Fsp3) is 1.00. The Morgan fingerprint density at radius 2 is 1.19 bits per heavy atom. The molecule has 0 saturated carbocycles. The second-order valence-electron chi connectivity index (χ2n) is 4.42. The summed E-state index contributed by atoms with van der Waals surface area (Å²) in [7, 11) is -0.0888. The third-order valence-corrected chi connectivity index (χ3v) is 4.94. The van der Waals surface area contributed by atoms with E-state index < -0.39 is 0 Å². The first-order chi connectivity index (χ1) is 7.85. The molecule has 0 aromatic carbocycles. The zero-order chi connectivity index (χ0) is 12.1. The number of unbranched alkanes of at least 4 members (excludes halogenated alkanes) is 7.